The normalized spacial score (nSPS) is 10.0. The van der Waals surface area contributed by atoms with Crippen molar-refractivity contribution in [2.24, 2.45) is 0 Å². The van der Waals surface area contributed by atoms with Crippen molar-refractivity contribution < 1.29 is 9.90 Å². The van der Waals surface area contributed by atoms with E-state index >= 15 is 0 Å². The molecule has 0 radical (unpaired) electrons. The van der Waals surface area contributed by atoms with Crippen LogP contribution in [0, 0.1) is 6.92 Å². The molecule has 76 valence electrons. The second-order valence-corrected chi connectivity index (χ2v) is 3.66. The zero-order valence-corrected chi connectivity index (χ0v) is 9.20. The second-order valence-electron chi connectivity index (χ2n) is 2.87. The van der Waals surface area contributed by atoms with Crippen molar-refractivity contribution in [3.63, 3.8) is 0 Å². The van der Waals surface area contributed by atoms with Crippen LogP contribution in [-0.4, -0.2) is 11.0 Å². The van der Waals surface area contributed by atoms with E-state index in [0.717, 1.165) is 0 Å². The van der Waals surface area contributed by atoms with Crippen molar-refractivity contribution in [1.29, 1.82) is 0 Å². The van der Waals surface area contributed by atoms with Crippen LogP contribution in [-0.2, 0) is 4.79 Å². The average Bonchev–Trinajstić information content (AvgIpc) is 2.10. The number of carbonyl (C=O) groups excluding carboxylic acids is 1. The number of benzene rings is 1. The van der Waals surface area contributed by atoms with Gasteiger partial charge in [-0.25, -0.2) is 0 Å². The maximum absolute atomic E-state index is 10.8. The fourth-order valence-electron chi connectivity index (χ4n) is 0.989. The summed E-state index contributed by atoms with van der Waals surface area (Å²) in [5.74, 6) is -0.458. The first-order valence-electron chi connectivity index (χ1n) is 3.88. The van der Waals surface area contributed by atoms with Gasteiger partial charge in [0.25, 0.3) is 0 Å². The molecule has 1 aromatic carbocycles. The van der Waals surface area contributed by atoms with Crippen LogP contribution in [0.15, 0.2) is 6.07 Å². The Morgan fingerprint density at radius 2 is 2.07 bits per heavy atom. The Kier molecular flexibility index (Phi) is 3.24. The third kappa shape index (κ3) is 2.11. The lowest BCUT2D eigenvalue weighted by Crippen LogP contribution is -2.06. The van der Waals surface area contributed by atoms with Gasteiger partial charge in [-0.2, -0.15) is 0 Å². The maximum Gasteiger partial charge on any atom is 0.221 e. The van der Waals surface area contributed by atoms with Gasteiger partial charge in [-0.15, -0.1) is 0 Å². The molecule has 2 N–H and O–H groups in total. The van der Waals surface area contributed by atoms with Crippen molar-refractivity contribution in [1.82, 2.24) is 0 Å². The minimum absolute atomic E-state index is 0.154. The van der Waals surface area contributed by atoms with Crippen LogP contribution >= 0.6 is 23.2 Å². The van der Waals surface area contributed by atoms with E-state index in [-0.39, 0.29) is 22.4 Å². The molecule has 0 bridgehead atoms. The number of rotatable bonds is 1. The van der Waals surface area contributed by atoms with Crippen LogP contribution in [0.4, 0.5) is 5.69 Å². The summed E-state index contributed by atoms with van der Waals surface area (Å²) < 4.78 is 0. The number of hydrogen-bond donors (Lipinski definition) is 2. The molecule has 0 saturated heterocycles. The molecular weight excluding hydrogens is 225 g/mol. The van der Waals surface area contributed by atoms with Crippen LogP contribution in [0.2, 0.25) is 10.0 Å². The number of phenols is 1. The molecule has 1 amide bonds. The summed E-state index contributed by atoms with van der Waals surface area (Å²) in [6.07, 6.45) is 0. The lowest BCUT2D eigenvalue weighted by Gasteiger charge is -2.10. The summed E-state index contributed by atoms with van der Waals surface area (Å²) in [5, 5.41) is 12.5. The largest absolute Gasteiger partial charge is 0.504 e. The quantitative estimate of drug-likeness (QED) is 0.734. The Hall–Kier alpha value is -0.930. The Morgan fingerprint density at radius 1 is 1.50 bits per heavy atom. The minimum atomic E-state index is -0.295. The number of hydrogen-bond acceptors (Lipinski definition) is 2. The molecular formula is C9H9Cl2NO2. The first-order valence-corrected chi connectivity index (χ1v) is 4.64. The van der Waals surface area contributed by atoms with Gasteiger partial charge in [0.2, 0.25) is 5.91 Å². The SMILES string of the molecule is CC(=O)Nc1cc(Cl)c(C)c(Cl)c1O. The van der Waals surface area contributed by atoms with Gasteiger partial charge in [0.05, 0.1) is 10.7 Å². The van der Waals surface area contributed by atoms with E-state index in [2.05, 4.69) is 5.32 Å². The molecule has 0 saturated carbocycles. The van der Waals surface area contributed by atoms with Gasteiger partial charge >= 0.3 is 0 Å². The van der Waals surface area contributed by atoms with E-state index in [1.807, 2.05) is 0 Å². The molecule has 1 rings (SSSR count). The molecule has 0 aromatic heterocycles. The molecule has 0 unspecified atom stereocenters. The molecule has 0 heterocycles. The summed E-state index contributed by atoms with van der Waals surface area (Å²) in [5.41, 5.74) is 0.804. The van der Waals surface area contributed by atoms with Gasteiger partial charge in [0, 0.05) is 11.9 Å². The lowest BCUT2D eigenvalue weighted by atomic mass is 10.2. The zero-order chi connectivity index (χ0) is 10.9. The van der Waals surface area contributed by atoms with Crippen LogP contribution in [0.5, 0.6) is 5.75 Å². The lowest BCUT2D eigenvalue weighted by molar-refractivity contribution is -0.114. The van der Waals surface area contributed by atoms with Crippen molar-refractivity contribution in [3.8, 4) is 5.75 Å². The highest BCUT2D eigenvalue weighted by Crippen LogP contribution is 2.38. The molecule has 1 aromatic rings. The first-order chi connectivity index (χ1) is 6.43. The molecule has 0 aliphatic rings. The Morgan fingerprint density at radius 3 is 2.57 bits per heavy atom. The fourth-order valence-corrected chi connectivity index (χ4v) is 1.44. The van der Waals surface area contributed by atoms with Crippen molar-refractivity contribution in [3.05, 3.63) is 21.7 Å². The van der Waals surface area contributed by atoms with Crippen LogP contribution in [0.25, 0.3) is 0 Å². The molecule has 14 heavy (non-hydrogen) atoms. The molecule has 3 nitrogen and oxygen atoms in total. The van der Waals surface area contributed by atoms with Crippen LogP contribution < -0.4 is 5.32 Å². The summed E-state index contributed by atoms with van der Waals surface area (Å²) in [4.78, 5) is 10.8. The van der Waals surface area contributed by atoms with E-state index < -0.39 is 0 Å². The molecule has 0 fully saturated rings. The Bertz CT molecular complexity index is 391. The van der Waals surface area contributed by atoms with Crippen molar-refractivity contribution in [2.75, 3.05) is 5.32 Å². The predicted octanol–water partition coefficient (Wildman–Crippen LogP) is 2.97. The number of anilines is 1. The van der Waals surface area contributed by atoms with Gasteiger partial charge in [-0.3, -0.25) is 4.79 Å². The number of halogens is 2. The fraction of sp³-hybridized carbons (Fsp3) is 0.222. The number of amides is 1. The van der Waals surface area contributed by atoms with Gasteiger partial charge in [0.1, 0.15) is 0 Å². The van der Waals surface area contributed by atoms with E-state index in [0.29, 0.717) is 10.6 Å². The van der Waals surface area contributed by atoms with Gasteiger partial charge in [0.15, 0.2) is 5.75 Å². The van der Waals surface area contributed by atoms with Crippen LogP contribution in [0.1, 0.15) is 12.5 Å². The highest BCUT2D eigenvalue weighted by molar-refractivity contribution is 6.37. The van der Waals surface area contributed by atoms with Gasteiger partial charge < -0.3 is 10.4 Å². The summed E-state index contributed by atoms with van der Waals surface area (Å²) in [7, 11) is 0. The molecule has 0 aliphatic heterocycles. The predicted molar refractivity (Wildman–Crippen MR) is 57.2 cm³/mol. The molecule has 0 aliphatic carbocycles. The number of nitrogens with one attached hydrogen (secondary N) is 1. The number of phenolic OH excluding ortho intramolecular Hbond substituents is 1. The topological polar surface area (TPSA) is 49.3 Å². The third-order valence-electron chi connectivity index (χ3n) is 1.73. The average molecular weight is 234 g/mol. The first kappa shape index (κ1) is 11.1. The summed E-state index contributed by atoms with van der Waals surface area (Å²) >= 11 is 11.6. The zero-order valence-electron chi connectivity index (χ0n) is 7.69. The summed E-state index contributed by atoms with van der Waals surface area (Å²) in [6, 6.07) is 1.46. The van der Waals surface area contributed by atoms with E-state index in [4.69, 9.17) is 23.2 Å². The highest BCUT2D eigenvalue weighted by Gasteiger charge is 2.12. The molecule has 5 heteroatoms. The molecule has 0 atom stereocenters. The van der Waals surface area contributed by atoms with E-state index in [1.165, 1.54) is 13.0 Å². The van der Waals surface area contributed by atoms with E-state index in [1.54, 1.807) is 6.92 Å². The Balaban J connectivity index is 3.25. The third-order valence-corrected chi connectivity index (χ3v) is 2.59. The number of aromatic hydroxyl groups is 1. The monoisotopic (exact) mass is 233 g/mol. The highest BCUT2D eigenvalue weighted by atomic mass is 35.5. The Labute approximate surface area is 91.6 Å². The second kappa shape index (κ2) is 4.07. The minimum Gasteiger partial charge on any atom is -0.504 e. The van der Waals surface area contributed by atoms with Crippen LogP contribution in [0.3, 0.4) is 0 Å². The van der Waals surface area contributed by atoms with Crippen molar-refractivity contribution >= 4 is 34.8 Å². The van der Waals surface area contributed by atoms with E-state index in [9.17, 15) is 9.90 Å². The number of carbonyl (C=O) groups is 1. The summed E-state index contributed by atoms with van der Waals surface area (Å²) in [6.45, 7) is 3.02. The smallest absolute Gasteiger partial charge is 0.221 e. The van der Waals surface area contributed by atoms with Gasteiger partial charge in [-0.05, 0) is 18.6 Å². The molecule has 0 spiro atoms. The standard InChI is InChI=1S/C9H9Cl2NO2/c1-4-6(10)3-7(12-5(2)13)9(14)8(4)11/h3,14H,1-2H3,(H,12,13). The van der Waals surface area contributed by atoms with Crippen molar-refractivity contribution in [2.45, 2.75) is 13.8 Å². The van der Waals surface area contributed by atoms with Gasteiger partial charge in [-0.1, -0.05) is 23.2 Å². The maximum atomic E-state index is 10.8.